The lowest BCUT2D eigenvalue weighted by Crippen LogP contribution is -2.46. The Balaban J connectivity index is 1.62. The molecule has 2 heterocycles. The summed E-state index contributed by atoms with van der Waals surface area (Å²) in [5.74, 6) is -0.0469. The predicted octanol–water partition coefficient (Wildman–Crippen LogP) is 2.74. The second kappa shape index (κ2) is 7.91. The van der Waals surface area contributed by atoms with E-state index < -0.39 is 0 Å². The van der Waals surface area contributed by atoms with E-state index in [1.165, 1.54) is 11.3 Å². The molecule has 0 atom stereocenters. The molecule has 0 spiro atoms. The predicted molar refractivity (Wildman–Crippen MR) is 102 cm³/mol. The van der Waals surface area contributed by atoms with E-state index in [1.807, 2.05) is 37.3 Å². The highest BCUT2D eigenvalue weighted by Gasteiger charge is 2.18. The maximum Gasteiger partial charge on any atom is 0.265 e. The minimum Gasteiger partial charge on any atom is -0.321 e. The second-order valence-corrected chi connectivity index (χ2v) is 7.74. The number of nitrogens with one attached hydrogen (secondary N) is 1. The van der Waals surface area contributed by atoms with Gasteiger partial charge in [-0.2, -0.15) is 0 Å². The second-order valence-electron chi connectivity index (χ2n) is 6.45. The first-order valence-corrected chi connectivity index (χ1v) is 9.25. The molecule has 25 heavy (non-hydrogen) atoms. The number of carbonyl (C=O) groups is 2. The molecule has 5 nitrogen and oxygen atoms in total. The zero-order valence-corrected chi connectivity index (χ0v) is 15.4. The van der Waals surface area contributed by atoms with Crippen molar-refractivity contribution < 1.29 is 9.59 Å². The summed E-state index contributed by atoms with van der Waals surface area (Å²) >= 11 is 1.46. The number of hydrogen-bond acceptors (Lipinski definition) is 5. The van der Waals surface area contributed by atoms with Gasteiger partial charge >= 0.3 is 0 Å². The van der Waals surface area contributed by atoms with Crippen LogP contribution in [0.5, 0.6) is 0 Å². The van der Waals surface area contributed by atoms with E-state index in [9.17, 15) is 9.59 Å². The van der Waals surface area contributed by atoms with Gasteiger partial charge in [-0.3, -0.25) is 14.5 Å². The highest BCUT2D eigenvalue weighted by atomic mass is 32.1. The summed E-state index contributed by atoms with van der Waals surface area (Å²) in [5.41, 5.74) is 1.29. The van der Waals surface area contributed by atoms with Gasteiger partial charge in [-0.05, 0) is 38.2 Å². The van der Waals surface area contributed by atoms with E-state index in [-0.39, 0.29) is 11.7 Å². The molecule has 0 aliphatic carbocycles. The topological polar surface area (TPSA) is 52.7 Å². The molecule has 0 radical (unpaired) electrons. The van der Waals surface area contributed by atoms with E-state index in [1.54, 1.807) is 6.07 Å². The summed E-state index contributed by atoms with van der Waals surface area (Å²) in [7, 11) is 2.10. The van der Waals surface area contributed by atoms with Gasteiger partial charge in [-0.15, -0.1) is 11.3 Å². The molecule has 2 aromatic rings. The van der Waals surface area contributed by atoms with Gasteiger partial charge in [0.25, 0.3) is 5.91 Å². The van der Waals surface area contributed by atoms with Crippen LogP contribution in [0.2, 0.25) is 0 Å². The number of rotatable bonds is 5. The Hall–Kier alpha value is -2.02. The fourth-order valence-corrected chi connectivity index (χ4v) is 3.58. The number of anilines is 1. The van der Waals surface area contributed by atoms with Gasteiger partial charge in [0.1, 0.15) is 0 Å². The van der Waals surface area contributed by atoms with Gasteiger partial charge in [0.15, 0.2) is 5.78 Å². The molecule has 1 aromatic heterocycles. The Bertz CT molecular complexity index is 764. The summed E-state index contributed by atoms with van der Waals surface area (Å²) in [4.78, 5) is 31.0. The van der Waals surface area contributed by atoms with E-state index in [0.717, 1.165) is 31.1 Å². The zero-order chi connectivity index (χ0) is 17.8. The van der Waals surface area contributed by atoms with Crippen LogP contribution in [0.1, 0.15) is 24.9 Å². The van der Waals surface area contributed by atoms with Crippen molar-refractivity contribution in [1.29, 1.82) is 0 Å². The molecule has 0 unspecified atom stereocenters. The number of benzene rings is 1. The van der Waals surface area contributed by atoms with Crippen LogP contribution in [0, 0.1) is 6.92 Å². The Morgan fingerprint density at radius 2 is 1.88 bits per heavy atom. The largest absolute Gasteiger partial charge is 0.321 e. The lowest BCUT2D eigenvalue weighted by Gasteiger charge is -2.31. The average Bonchev–Trinajstić information content (AvgIpc) is 3.04. The van der Waals surface area contributed by atoms with Crippen LogP contribution in [-0.2, 0) is 0 Å². The summed E-state index contributed by atoms with van der Waals surface area (Å²) in [5, 5.41) is 2.88. The van der Waals surface area contributed by atoms with Crippen molar-refractivity contribution in [3.8, 4) is 0 Å². The highest BCUT2D eigenvalue weighted by Crippen LogP contribution is 2.18. The average molecular weight is 357 g/mol. The van der Waals surface area contributed by atoms with Crippen LogP contribution < -0.4 is 5.32 Å². The smallest absolute Gasteiger partial charge is 0.265 e. The minimum absolute atomic E-state index is 0.0904. The van der Waals surface area contributed by atoms with Gasteiger partial charge in [-0.1, -0.05) is 12.1 Å². The summed E-state index contributed by atoms with van der Waals surface area (Å²) in [6.45, 7) is 6.20. The van der Waals surface area contributed by atoms with Crippen LogP contribution in [0.4, 0.5) is 5.69 Å². The fraction of sp³-hybridized carbons (Fsp3) is 0.368. The molecule has 6 heteroatoms. The molecule has 1 saturated heterocycles. The van der Waals surface area contributed by atoms with Crippen LogP contribution in [0.25, 0.3) is 0 Å². The molecule has 3 rings (SSSR count). The number of piperazine rings is 1. The number of likely N-dealkylation sites (N-methyl/N-ethyl adjacent to an activating group) is 1. The maximum absolute atomic E-state index is 12.5. The van der Waals surface area contributed by atoms with Crippen molar-refractivity contribution >= 4 is 28.7 Å². The monoisotopic (exact) mass is 357 g/mol. The van der Waals surface area contributed by atoms with E-state index in [2.05, 4.69) is 22.2 Å². The molecule has 1 aromatic carbocycles. The molecule has 1 fully saturated rings. The first-order valence-electron chi connectivity index (χ1n) is 8.43. The van der Waals surface area contributed by atoms with Gasteiger partial charge < -0.3 is 10.2 Å². The van der Waals surface area contributed by atoms with Crippen molar-refractivity contribution in [2.45, 2.75) is 6.92 Å². The third kappa shape index (κ3) is 4.75. The molecule has 1 amide bonds. The molecular formula is C19H23N3O2S. The lowest BCUT2D eigenvalue weighted by atomic mass is 10.1. The molecule has 132 valence electrons. The first-order chi connectivity index (χ1) is 12.0. The molecular weight excluding hydrogens is 334 g/mol. The van der Waals surface area contributed by atoms with E-state index in [4.69, 9.17) is 0 Å². The van der Waals surface area contributed by atoms with Crippen LogP contribution in [0.3, 0.4) is 0 Å². The Kier molecular flexibility index (Phi) is 5.63. The number of hydrogen-bond donors (Lipinski definition) is 1. The van der Waals surface area contributed by atoms with Crippen molar-refractivity contribution in [2.24, 2.45) is 0 Å². The number of carbonyl (C=O) groups excluding carboxylic acids is 2. The zero-order valence-electron chi connectivity index (χ0n) is 14.6. The number of nitrogens with zero attached hydrogens (tertiary/aromatic N) is 2. The standard InChI is InChI=1S/C19H23N3O2S/c1-14-6-7-18(25-14)19(24)20-16-5-3-4-15(12-16)17(23)13-22-10-8-21(2)9-11-22/h3-7,12H,8-11,13H2,1-2H3,(H,20,24). The fourth-order valence-electron chi connectivity index (χ4n) is 2.82. The number of Topliss-reactive ketones (excluding diaryl/α,β-unsaturated/α-hetero) is 1. The first kappa shape index (κ1) is 17.8. The quantitative estimate of drug-likeness (QED) is 0.836. The molecule has 0 bridgehead atoms. The van der Waals surface area contributed by atoms with Gasteiger partial charge in [-0.25, -0.2) is 0 Å². The normalized spacial score (nSPS) is 15.9. The SMILES string of the molecule is Cc1ccc(C(=O)Nc2cccc(C(=O)CN3CCN(C)CC3)c2)s1. The Morgan fingerprint density at radius 3 is 2.56 bits per heavy atom. The third-order valence-electron chi connectivity index (χ3n) is 4.37. The number of aryl methyl sites for hydroxylation is 1. The van der Waals surface area contributed by atoms with Crippen LogP contribution in [-0.4, -0.2) is 61.3 Å². The van der Waals surface area contributed by atoms with Gasteiger partial charge in [0.05, 0.1) is 11.4 Å². The molecule has 1 aliphatic heterocycles. The third-order valence-corrected chi connectivity index (χ3v) is 5.37. The van der Waals surface area contributed by atoms with E-state index in [0.29, 0.717) is 22.7 Å². The van der Waals surface area contributed by atoms with Gasteiger partial charge in [0.2, 0.25) is 0 Å². The van der Waals surface area contributed by atoms with Crippen molar-refractivity contribution in [2.75, 3.05) is 45.1 Å². The Morgan fingerprint density at radius 1 is 1.12 bits per heavy atom. The molecule has 0 saturated carbocycles. The van der Waals surface area contributed by atoms with Crippen molar-refractivity contribution in [3.05, 3.63) is 51.7 Å². The summed E-state index contributed by atoms with van der Waals surface area (Å²) in [6, 6.07) is 10.9. The summed E-state index contributed by atoms with van der Waals surface area (Å²) < 4.78 is 0. The van der Waals surface area contributed by atoms with Crippen molar-refractivity contribution in [3.63, 3.8) is 0 Å². The number of thiophene rings is 1. The van der Waals surface area contributed by atoms with Crippen LogP contribution >= 0.6 is 11.3 Å². The van der Waals surface area contributed by atoms with Crippen molar-refractivity contribution in [1.82, 2.24) is 9.80 Å². The lowest BCUT2D eigenvalue weighted by molar-refractivity contribution is 0.0876. The van der Waals surface area contributed by atoms with Gasteiger partial charge in [0, 0.05) is 42.3 Å². The summed E-state index contributed by atoms with van der Waals surface area (Å²) in [6.07, 6.45) is 0. The number of amides is 1. The number of ketones is 1. The Labute approximate surface area is 152 Å². The molecule has 1 aliphatic rings. The van der Waals surface area contributed by atoms with E-state index >= 15 is 0 Å². The highest BCUT2D eigenvalue weighted by molar-refractivity contribution is 7.14. The molecule has 1 N–H and O–H groups in total. The maximum atomic E-state index is 12.5. The van der Waals surface area contributed by atoms with Crippen LogP contribution in [0.15, 0.2) is 36.4 Å². The minimum atomic E-state index is -0.137.